The molecule has 1 heterocycles. The topological polar surface area (TPSA) is 75.1 Å². The molecule has 0 bridgehead atoms. The van der Waals surface area contributed by atoms with Crippen LogP contribution in [0.2, 0.25) is 0 Å². The van der Waals surface area contributed by atoms with E-state index in [9.17, 15) is 9.90 Å². The van der Waals surface area contributed by atoms with Gasteiger partial charge in [-0.1, -0.05) is 6.42 Å². The zero-order chi connectivity index (χ0) is 13.8. The lowest BCUT2D eigenvalue weighted by molar-refractivity contribution is 0.0872. The molecule has 0 aromatic carbocycles. The number of nitrogens with one attached hydrogen (secondary N) is 1. The van der Waals surface area contributed by atoms with Crippen molar-refractivity contribution in [3.63, 3.8) is 0 Å². The summed E-state index contributed by atoms with van der Waals surface area (Å²) in [6.45, 7) is 4.23. The maximum atomic E-state index is 12.0. The van der Waals surface area contributed by atoms with Crippen molar-refractivity contribution in [2.75, 3.05) is 6.54 Å². The zero-order valence-corrected chi connectivity index (χ0v) is 11.5. The molecule has 1 fully saturated rings. The van der Waals surface area contributed by atoms with Crippen LogP contribution in [0.5, 0.6) is 0 Å². The van der Waals surface area contributed by atoms with E-state index in [-0.39, 0.29) is 12.0 Å². The maximum absolute atomic E-state index is 12.0. The van der Waals surface area contributed by atoms with Gasteiger partial charge in [-0.15, -0.1) is 0 Å². The van der Waals surface area contributed by atoms with Crippen molar-refractivity contribution in [1.82, 2.24) is 15.3 Å². The van der Waals surface area contributed by atoms with Crippen LogP contribution in [-0.4, -0.2) is 33.6 Å². The molecule has 2 atom stereocenters. The lowest BCUT2D eigenvalue weighted by Crippen LogP contribution is -2.33. The number of carbonyl (C=O) groups excluding carboxylic acids is 1. The molecule has 1 aliphatic carbocycles. The van der Waals surface area contributed by atoms with E-state index in [2.05, 4.69) is 15.3 Å². The number of hydrogen-bond donors (Lipinski definition) is 2. The fourth-order valence-corrected chi connectivity index (χ4v) is 2.59. The molecule has 2 unspecified atom stereocenters. The molecule has 0 radical (unpaired) electrons. The standard InChI is InChI=1S/C14H21N3O2/c1-9-13(8-15-10(2)17-9)14(19)16-7-11-4-3-5-12(18)6-11/h8,11-12,18H,3-7H2,1-2H3,(H,16,19). The van der Waals surface area contributed by atoms with Gasteiger partial charge in [-0.05, 0) is 39.0 Å². The molecule has 0 spiro atoms. The second kappa shape index (κ2) is 6.10. The Morgan fingerprint density at radius 2 is 2.26 bits per heavy atom. The van der Waals surface area contributed by atoms with Gasteiger partial charge >= 0.3 is 0 Å². The summed E-state index contributed by atoms with van der Waals surface area (Å²) in [6, 6.07) is 0. The van der Waals surface area contributed by atoms with Crippen molar-refractivity contribution in [3.8, 4) is 0 Å². The fourth-order valence-electron chi connectivity index (χ4n) is 2.59. The molecule has 0 saturated heterocycles. The number of nitrogens with zero attached hydrogens (tertiary/aromatic N) is 2. The van der Waals surface area contributed by atoms with Crippen LogP contribution in [0.15, 0.2) is 6.20 Å². The van der Waals surface area contributed by atoms with Crippen molar-refractivity contribution in [2.45, 2.75) is 45.6 Å². The molecule has 1 saturated carbocycles. The molecule has 5 heteroatoms. The number of aromatic nitrogens is 2. The van der Waals surface area contributed by atoms with Crippen molar-refractivity contribution in [3.05, 3.63) is 23.3 Å². The van der Waals surface area contributed by atoms with Crippen molar-refractivity contribution >= 4 is 5.91 Å². The third-order valence-corrected chi connectivity index (χ3v) is 3.65. The highest BCUT2D eigenvalue weighted by Gasteiger charge is 2.21. The minimum atomic E-state index is -0.208. The molecule has 104 valence electrons. The summed E-state index contributed by atoms with van der Waals surface area (Å²) >= 11 is 0. The Kier molecular flexibility index (Phi) is 4.47. The highest BCUT2D eigenvalue weighted by atomic mass is 16.3. The van der Waals surface area contributed by atoms with Gasteiger partial charge in [0.1, 0.15) is 5.82 Å². The number of hydrogen-bond acceptors (Lipinski definition) is 4. The predicted molar refractivity (Wildman–Crippen MR) is 71.8 cm³/mol. The molecule has 1 amide bonds. The van der Waals surface area contributed by atoms with E-state index >= 15 is 0 Å². The van der Waals surface area contributed by atoms with E-state index in [1.165, 1.54) is 0 Å². The van der Waals surface area contributed by atoms with Crippen LogP contribution in [0, 0.1) is 19.8 Å². The first-order chi connectivity index (χ1) is 9.06. The van der Waals surface area contributed by atoms with Gasteiger partial charge in [-0.25, -0.2) is 9.97 Å². The Hall–Kier alpha value is -1.49. The number of aliphatic hydroxyl groups excluding tert-OH is 1. The van der Waals surface area contributed by atoms with E-state index < -0.39 is 0 Å². The second-order valence-corrected chi connectivity index (χ2v) is 5.31. The Balaban J connectivity index is 1.90. The molecule has 0 aliphatic heterocycles. The van der Waals surface area contributed by atoms with E-state index in [0.717, 1.165) is 25.7 Å². The first-order valence-corrected chi connectivity index (χ1v) is 6.82. The van der Waals surface area contributed by atoms with Crippen LogP contribution in [0.4, 0.5) is 0 Å². The number of aryl methyl sites for hydroxylation is 2. The number of amides is 1. The van der Waals surface area contributed by atoms with E-state index in [1.54, 1.807) is 13.1 Å². The number of aliphatic hydroxyl groups is 1. The van der Waals surface area contributed by atoms with Gasteiger partial charge in [-0.2, -0.15) is 0 Å². The molecular weight excluding hydrogens is 242 g/mol. The van der Waals surface area contributed by atoms with Crippen molar-refractivity contribution in [1.29, 1.82) is 0 Å². The third-order valence-electron chi connectivity index (χ3n) is 3.65. The summed E-state index contributed by atoms with van der Waals surface area (Å²) in [7, 11) is 0. The number of rotatable bonds is 3. The van der Waals surface area contributed by atoms with Crippen LogP contribution < -0.4 is 5.32 Å². The molecule has 2 N–H and O–H groups in total. The van der Waals surface area contributed by atoms with Crippen LogP contribution in [0.1, 0.15) is 47.6 Å². The Bertz CT molecular complexity index is 462. The summed E-state index contributed by atoms with van der Waals surface area (Å²) in [5, 5.41) is 12.5. The van der Waals surface area contributed by atoms with Crippen molar-refractivity contribution in [2.24, 2.45) is 5.92 Å². The summed E-state index contributed by atoms with van der Waals surface area (Å²) in [5.41, 5.74) is 1.23. The van der Waals surface area contributed by atoms with Gasteiger partial charge in [0.25, 0.3) is 5.91 Å². The van der Waals surface area contributed by atoms with Gasteiger partial charge in [0, 0.05) is 12.7 Å². The SMILES string of the molecule is Cc1ncc(C(=O)NCC2CCCC(O)C2)c(C)n1. The molecule has 1 aliphatic rings. The molecule has 5 nitrogen and oxygen atoms in total. The number of carbonyl (C=O) groups is 1. The fraction of sp³-hybridized carbons (Fsp3) is 0.643. The van der Waals surface area contributed by atoms with Crippen LogP contribution in [-0.2, 0) is 0 Å². The van der Waals surface area contributed by atoms with Crippen LogP contribution in [0.3, 0.4) is 0 Å². The maximum Gasteiger partial charge on any atom is 0.254 e. The van der Waals surface area contributed by atoms with Gasteiger partial charge in [0.15, 0.2) is 0 Å². The third kappa shape index (κ3) is 3.73. The Labute approximate surface area is 113 Å². The smallest absolute Gasteiger partial charge is 0.254 e. The van der Waals surface area contributed by atoms with E-state index in [4.69, 9.17) is 0 Å². The average molecular weight is 263 g/mol. The lowest BCUT2D eigenvalue weighted by Gasteiger charge is -2.25. The first-order valence-electron chi connectivity index (χ1n) is 6.82. The van der Waals surface area contributed by atoms with E-state index in [0.29, 0.717) is 29.5 Å². The van der Waals surface area contributed by atoms with Crippen molar-refractivity contribution < 1.29 is 9.90 Å². The van der Waals surface area contributed by atoms with Crippen LogP contribution >= 0.6 is 0 Å². The highest BCUT2D eigenvalue weighted by molar-refractivity contribution is 5.94. The molecular formula is C14H21N3O2. The quantitative estimate of drug-likeness (QED) is 0.863. The Morgan fingerprint density at radius 3 is 2.95 bits per heavy atom. The minimum Gasteiger partial charge on any atom is -0.393 e. The summed E-state index contributed by atoms with van der Waals surface area (Å²) in [6.07, 6.45) is 5.14. The van der Waals surface area contributed by atoms with Gasteiger partial charge in [-0.3, -0.25) is 4.79 Å². The second-order valence-electron chi connectivity index (χ2n) is 5.31. The van der Waals surface area contributed by atoms with Gasteiger partial charge in [0.2, 0.25) is 0 Å². The zero-order valence-electron chi connectivity index (χ0n) is 11.5. The lowest BCUT2D eigenvalue weighted by atomic mass is 9.87. The highest BCUT2D eigenvalue weighted by Crippen LogP contribution is 2.23. The molecule has 2 rings (SSSR count). The summed E-state index contributed by atoms with van der Waals surface area (Å²) in [5.74, 6) is 0.918. The van der Waals surface area contributed by atoms with E-state index in [1.807, 2.05) is 6.92 Å². The average Bonchev–Trinajstić information content (AvgIpc) is 2.36. The Morgan fingerprint density at radius 1 is 1.47 bits per heavy atom. The van der Waals surface area contributed by atoms with Gasteiger partial charge < -0.3 is 10.4 Å². The summed E-state index contributed by atoms with van der Waals surface area (Å²) in [4.78, 5) is 20.3. The minimum absolute atomic E-state index is 0.127. The normalized spacial score (nSPS) is 23.1. The molecule has 1 aromatic rings. The molecule has 19 heavy (non-hydrogen) atoms. The summed E-state index contributed by atoms with van der Waals surface area (Å²) < 4.78 is 0. The molecule has 1 aromatic heterocycles. The largest absolute Gasteiger partial charge is 0.393 e. The first kappa shape index (κ1) is 13.9. The van der Waals surface area contributed by atoms with Gasteiger partial charge in [0.05, 0.1) is 17.4 Å². The van der Waals surface area contributed by atoms with Crippen LogP contribution in [0.25, 0.3) is 0 Å². The monoisotopic (exact) mass is 263 g/mol. The predicted octanol–water partition coefficient (Wildman–Crippen LogP) is 1.37.